The first-order valence-electron chi connectivity index (χ1n) is 5.54. The molecule has 0 N–H and O–H groups in total. The van der Waals surface area contributed by atoms with Crippen molar-refractivity contribution in [2.24, 2.45) is 0 Å². The zero-order valence-corrected chi connectivity index (χ0v) is 12.4. The van der Waals surface area contributed by atoms with Gasteiger partial charge in [0.25, 0.3) is 0 Å². The SMILES string of the molecule is COc1cc(CC(Br)c2cccc(Cl)c2F)ncn1. The largest absolute Gasteiger partial charge is 0.481 e. The number of hydrogen-bond donors (Lipinski definition) is 0. The number of hydrogen-bond acceptors (Lipinski definition) is 3. The summed E-state index contributed by atoms with van der Waals surface area (Å²) in [5, 5.41) is 0.113. The molecule has 0 aliphatic carbocycles. The average molecular weight is 346 g/mol. The molecule has 0 bridgehead atoms. The van der Waals surface area contributed by atoms with Crippen molar-refractivity contribution in [3.05, 3.63) is 52.7 Å². The lowest BCUT2D eigenvalue weighted by molar-refractivity contribution is 0.396. The van der Waals surface area contributed by atoms with Gasteiger partial charge in [0, 0.05) is 28.6 Å². The number of benzene rings is 1. The number of rotatable bonds is 4. The first-order chi connectivity index (χ1) is 9.11. The van der Waals surface area contributed by atoms with Crippen molar-refractivity contribution in [1.29, 1.82) is 0 Å². The maximum atomic E-state index is 13.9. The second-order valence-corrected chi connectivity index (χ2v) is 5.38. The zero-order valence-electron chi connectivity index (χ0n) is 10.1. The number of ether oxygens (including phenoxy) is 1. The van der Waals surface area contributed by atoms with Gasteiger partial charge in [-0.3, -0.25) is 0 Å². The molecular formula is C13H11BrClFN2O. The summed E-state index contributed by atoms with van der Waals surface area (Å²) >= 11 is 9.22. The number of alkyl halides is 1. The van der Waals surface area contributed by atoms with E-state index in [9.17, 15) is 4.39 Å². The van der Waals surface area contributed by atoms with Crippen LogP contribution in [0.2, 0.25) is 5.02 Å². The molecular weight excluding hydrogens is 335 g/mol. The molecule has 1 atom stereocenters. The van der Waals surface area contributed by atoms with Gasteiger partial charge in [0.1, 0.15) is 12.1 Å². The molecule has 1 aromatic heterocycles. The van der Waals surface area contributed by atoms with Crippen molar-refractivity contribution in [2.75, 3.05) is 7.11 Å². The Morgan fingerprint density at radius 1 is 1.42 bits per heavy atom. The first kappa shape index (κ1) is 14.2. The van der Waals surface area contributed by atoms with E-state index in [4.69, 9.17) is 16.3 Å². The number of halogens is 3. The predicted molar refractivity (Wildman–Crippen MR) is 75.4 cm³/mol. The van der Waals surface area contributed by atoms with Crippen molar-refractivity contribution in [3.8, 4) is 5.88 Å². The van der Waals surface area contributed by atoms with Crippen LogP contribution in [0.1, 0.15) is 16.1 Å². The van der Waals surface area contributed by atoms with Crippen molar-refractivity contribution < 1.29 is 9.13 Å². The van der Waals surface area contributed by atoms with Gasteiger partial charge in [0.15, 0.2) is 0 Å². The van der Waals surface area contributed by atoms with Gasteiger partial charge in [-0.1, -0.05) is 39.7 Å². The second-order valence-electron chi connectivity index (χ2n) is 3.87. The Hall–Kier alpha value is -1.20. The summed E-state index contributed by atoms with van der Waals surface area (Å²) in [5.74, 6) is 0.0725. The summed E-state index contributed by atoms with van der Waals surface area (Å²) in [7, 11) is 1.54. The van der Waals surface area contributed by atoms with Gasteiger partial charge in [-0.15, -0.1) is 0 Å². The first-order valence-corrected chi connectivity index (χ1v) is 6.84. The van der Waals surface area contributed by atoms with Crippen LogP contribution < -0.4 is 4.74 Å². The number of nitrogens with zero attached hydrogens (tertiary/aromatic N) is 2. The predicted octanol–water partition coefficient (Wildman–Crippen LogP) is 3.96. The minimum Gasteiger partial charge on any atom is -0.481 e. The van der Waals surface area contributed by atoms with Crippen LogP contribution in [0.25, 0.3) is 0 Å². The maximum absolute atomic E-state index is 13.9. The standard InChI is InChI=1S/C13H11BrClFN2O/c1-19-12-6-8(17-7-18-12)5-10(14)9-3-2-4-11(15)13(9)16/h2-4,6-7,10H,5H2,1H3. The van der Waals surface area contributed by atoms with Crippen LogP contribution in [0.3, 0.4) is 0 Å². The Morgan fingerprint density at radius 3 is 2.95 bits per heavy atom. The summed E-state index contributed by atoms with van der Waals surface area (Å²) in [6, 6.07) is 6.65. The highest BCUT2D eigenvalue weighted by Gasteiger charge is 2.16. The molecule has 0 fully saturated rings. The highest BCUT2D eigenvalue weighted by molar-refractivity contribution is 9.09. The monoisotopic (exact) mass is 344 g/mol. The van der Waals surface area contributed by atoms with Crippen molar-refractivity contribution in [1.82, 2.24) is 9.97 Å². The third-order valence-electron chi connectivity index (χ3n) is 2.62. The van der Waals surface area contributed by atoms with Crippen LogP contribution >= 0.6 is 27.5 Å². The summed E-state index contributed by atoms with van der Waals surface area (Å²) < 4.78 is 18.9. The highest BCUT2D eigenvalue weighted by atomic mass is 79.9. The average Bonchev–Trinajstić information content (AvgIpc) is 2.42. The lowest BCUT2D eigenvalue weighted by Crippen LogP contribution is -2.02. The molecule has 0 saturated heterocycles. The maximum Gasteiger partial charge on any atom is 0.216 e. The van der Waals surface area contributed by atoms with Crippen LogP contribution in [0.4, 0.5) is 4.39 Å². The molecule has 2 rings (SSSR count). The minimum atomic E-state index is -0.410. The Labute approximate surface area is 123 Å². The van der Waals surface area contributed by atoms with E-state index >= 15 is 0 Å². The minimum absolute atomic E-state index is 0.113. The fraction of sp³-hybridized carbons (Fsp3) is 0.231. The van der Waals surface area contributed by atoms with E-state index in [1.807, 2.05) is 0 Å². The Kier molecular flexibility index (Phi) is 4.71. The van der Waals surface area contributed by atoms with Crippen molar-refractivity contribution in [3.63, 3.8) is 0 Å². The molecule has 6 heteroatoms. The molecule has 1 heterocycles. The topological polar surface area (TPSA) is 35.0 Å². The number of aromatic nitrogens is 2. The van der Waals surface area contributed by atoms with Gasteiger partial charge in [0.05, 0.1) is 12.1 Å². The Bertz CT molecular complexity index is 582. The molecule has 0 saturated carbocycles. The van der Waals surface area contributed by atoms with Crippen LogP contribution in [0, 0.1) is 5.82 Å². The molecule has 19 heavy (non-hydrogen) atoms. The van der Waals surface area contributed by atoms with Crippen LogP contribution in [0.15, 0.2) is 30.6 Å². The van der Waals surface area contributed by atoms with Crippen LogP contribution in [-0.4, -0.2) is 17.1 Å². The normalized spacial score (nSPS) is 12.2. The lowest BCUT2D eigenvalue weighted by atomic mass is 10.1. The Balaban J connectivity index is 2.20. The molecule has 0 spiro atoms. The molecule has 0 amide bonds. The van der Waals surface area contributed by atoms with Crippen molar-refractivity contribution in [2.45, 2.75) is 11.2 Å². The lowest BCUT2D eigenvalue weighted by Gasteiger charge is -2.11. The van der Waals surface area contributed by atoms with Gasteiger partial charge < -0.3 is 4.74 Å². The molecule has 0 aliphatic rings. The van der Waals surface area contributed by atoms with Crippen LogP contribution in [0.5, 0.6) is 5.88 Å². The van der Waals surface area contributed by atoms with Gasteiger partial charge in [-0.2, -0.15) is 0 Å². The van der Waals surface area contributed by atoms with E-state index in [0.29, 0.717) is 17.9 Å². The smallest absolute Gasteiger partial charge is 0.216 e. The molecule has 100 valence electrons. The van der Waals surface area contributed by atoms with Gasteiger partial charge in [0.2, 0.25) is 5.88 Å². The van der Waals surface area contributed by atoms with E-state index in [2.05, 4.69) is 25.9 Å². The molecule has 3 nitrogen and oxygen atoms in total. The second kappa shape index (κ2) is 6.30. The van der Waals surface area contributed by atoms with E-state index in [-0.39, 0.29) is 9.85 Å². The summed E-state index contributed by atoms with van der Waals surface area (Å²) in [6.45, 7) is 0. The molecule has 2 aromatic rings. The van der Waals surface area contributed by atoms with Crippen LogP contribution in [-0.2, 0) is 6.42 Å². The highest BCUT2D eigenvalue weighted by Crippen LogP contribution is 2.31. The Morgan fingerprint density at radius 2 is 2.21 bits per heavy atom. The molecule has 0 radical (unpaired) electrons. The zero-order chi connectivity index (χ0) is 13.8. The molecule has 1 unspecified atom stereocenters. The quantitative estimate of drug-likeness (QED) is 0.787. The van der Waals surface area contributed by atoms with Crippen molar-refractivity contribution >= 4 is 27.5 Å². The van der Waals surface area contributed by atoms with E-state index in [1.165, 1.54) is 19.5 Å². The fourth-order valence-electron chi connectivity index (χ4n) is 1.66. The van der Waals surface area contributed by atoms with Gasteiger partial charge in [-0.05, 0) is 6.07 Å². The molecule has 0 aliphatic heterocycles. The van der Waals surface area contributed by atoms with Gasteiger partial charge in [-0.25, -0.2) is 14.4 Å². The van der Waals surface area contributed by atoms with E-state index in [0.717, 1.165) is 5.69 Å². The third kappa shape index (κ3) is 3.42. The fourth-order valence-corrected chi connectivity index (χ4v) is 2.52. The van der Waals surface area contributed by atoms with Gasteiger partial charge >= 0.3 is 0 Å². The molecule has 1 aromatic carbocycles. The van der Waals surface area contributed by atoms with E-state index < -0.39 is 5.82 Å². The summed E-state index contributed by atoms with van der Waals surface area (Å²) in [6.07, 6.45) is 1.93. The summed E-state index contributed by atoms with van der Waals surface area (Å²) in [5.41, 5.74) is 1.26. The third-order valence-corrected chi connectivity index (χ3v) is 3.72. The number of methoxy groups -OCH3 is 1. The summed E-state index contributed by atoms with van der Waals surface area (Å²) in [4.78, 5) is 7.84. The van der Waals surface area contributed by atoms with E-state index in [1.54, 1.807) is 18.2 Å².